The Hall–Kier alpha value is -0.610. The predicted octanol–water partition coefficient (Wildman–Crippen LogP) is 0.00250. The molecule has 0 spiro atoms. The third kappa shape index (κ3) is 2.16. The summed E-state index contributed by atoms with van der Waals surface area (Å²) in [5.41, 5.74) is 5.37. The number of aliphatic hydroxyl groups is 1. The number of hydrogen-bond acceptors (Lipinski definition) is 3. The number of nitrogens with one attached hydrogen (secondary N) is 1. The van der Waals surface area contributed by atoms with Crippen LogP contribution in [0.3, 0.4) is 0 Å². The summed E-state index contributed by atoms with van der Waals surface area (Å²) < 4.78 is 0. The first-order chi connectivity index (χ1) is 7.21. The number of hydrogen-bond donors (Lipinski definition) is 3. The maximum atomic E-state index is 12.0. The topological polar surface area (TPSA) is 75.4 Å². The van der Waals surface area contributed by atoms with Gasteiger partial charge in [-0.05, 0) is 38.1 Å². The minimum absolute atomic E-state index is 0.0682. The highest BCUT2D eigenvalue weighted by molar-refractivity contribution is 5.80. The monoisotopic (exact) mass is 212 g/mol. The Morgan fingerprint density at radius 2 is 2.20 bits per heavy atom. The molecule has 0 radical (unpaired) electrons. The van der Waals surface area contributed by atoms with Crippen LogP contribution in [-0.2, 0) is 4.79 Å². The molecular formula is C11H20N2O2. The van der Waals surface area contributed by atoms with E-state index in [2.05, 4.69) is 5.32 Å². The van der Waals surface area contributed by atoms with E-state index in [9.17, 15) is 4.79 Å². The van der Waals surface area contributed by atoms with Gasteiger partial charge in [0.05, 0.1) is 12.1 Å². The fourth-order valence-electron chi connectivity index (χ4n) is 2.49. The molecule has 0 aromatic heterocycles. The van der Waals surface area contributed by atoms with Crippen molar-refractivity contribution in [3.63, 3.8) is 0 Å². The van der Waals surface area contributed by atoms with E-state index in [1.165, 1.54) is 0 Å². The molecule has 2 saturated carbocycles. The maximum Gasteiger partial charge on any atom is 0.223 e. The molecule has 0 heterocycles. The number of carbonyl (C=O) groups is 1. The third-order valence-corrected chi connectivity index (χ3v) is 3.84. The summed E-state index contributed by atoms with van der Waals surface area (Å²) in [4.78, 5) is 12.0. The van der Waals surface area contributed by atoms with Crippen molar-refractivity contribution in [2.75, 3.05) is 13.2 Å². The van der Waals surface area contributed by atoms with Crippen molar-refractivity contribution in [2.45, 2.75) is 37.6 Å². The van der Waals surface area contributed by atoms with Gasteiger partial charge in [-0.3, -0.25) is 4.79 Å². The molecule has 4 nitrogen and oxygen atoms in total. The highest BCUT2D eigenvalue weighted by Crippen LogP contribution is 2.37. The zero-order valence-electron chi connectivity index (χ0n) is 9.04. The summed E-state index contributed by atoms with van der Waals surface area (Å²) in [5.74, 6) is 0.535. The molecule has 2 rings (SSSR count). The van der Waals surface area contributed by atoms with Gasteiger partial charge >= 0.3 is 0 Å². The van der Waals surface area contributed by atoms with Gasteiger partial charge in [-0.25, -0.2) is 0 Å². The zero-order valence-corrected chi connectivity index (χ0v) is 9.04. The Morgan fingerprint density at radius 3 is 2.73 bits per heavy atom. The third-order valence-electron chi connectivity index (χ3n) is 3.84. The highest BCUT2D eigenvalue weighted by Gasteiger charge is 2.45. The molecular weight excluding hydrogens is 192 g/mol. The van der Waals surface area contributed by atoms with E-state index in [1.54, 1.807) is 0 Å². The van der Waals surface area contributed by atoms with E-state index < -0.39 is 0 Å². The average Bonchev–Trinajstić information content (AvgIpc) is 2.85. The standard InChI is InChI=1S/C11H20N2O2/c12-6-8-2-1-3-9(8)10(15)13-11(7-14)4-5-11/h8-9,14H,1-7,12H2,(H,13,15). The van der Waals surface area contributed by atoms with Crippen molar-refractivity contribution < 1.29 is 9.90 Å². The smallest absolute Gasteiger partial charge is 0.223 e. The Bertz CT molecular complexity index is 251. The van der Waals surface area contributed by atoms with E-state index in [4.69, 9.17) is 10.8 Å². The number of carbonyl (C=O) groups excluding carboxylic acids is 1. The first-order valence-corrected chi connectivity index (χ1v) is 5.84. The molecule has 15 heavy (non-hydrogen) atoms. The van der Waals surface area contributed by atoms with E-state index in [0.717, 1.165) is 32.1 Å². The molecule has 0 bridgehead atoms. The van der Waals surface area contributed by atoms with Gasteiger partial charge in [0.2, 0.25) is 5.91 Å². The molecule has 1 amide bonds. The fourth-order valence-corrected chi connectivity index (χ4v) is 2.49. The highest BCUT2D eigenvalue weighted by atomic mass is 16.3. The van der Waals surface area contributed by atoms with E-state index in [0.29, 0.717) is 12.5 Å². The van der Waals surface area contributed by atoms with Crippen LogP contribution in [0.15, 0.2) is 0 Å². The van der Waals surface area contributed by atoms with E-state index >= 15 is 0 Å². The molecule has 0 aliphatic heterocycles. The summed E-state index contributed by atoms with van der Waals surface area (Å²) in [6.07, 6.45) is 4.95. The minimum atomic E-state index is -0.279. The lowest BCUT2D eigenvalue weighted by molar-refractivity contribution is -0.127. The second kappa shape index (κ2) is 4.10. The van der Waals surface area contributed by atoms with Gasteiger partial charge in [-0.2, -0.15) is 0 Å². The molecule has 0 aromatic rings. The van der Waals surface area contributed by atoms with Crippen molar-refractivity contribution in [3.05, 3.63) is 0 Å². The van der Waals surface area contributed by atoms with Gasteiger partial charge < -0.3 is 16.2 Å². The average molecular weight is 212 g/mol. The molecule has 2 unspecified atom stereocenters. The fraction of sp³-hybridized carbons (Fsp3) is 0.909. The Balaban J connectivity index is 1.90. The molecule has 4 N–H and O–H groups in total. The summed E-state index contributed by atoms with van der Waals surface area (Å²) in [5, 5.41) is 12.1. The molecule has 2 aliphatic rings. The van der Waals surface area contributed by atoms with Gasteiger partial charge in [0.1, 0.15) is 0 Å². The summed E-state index contributed by atoms with van der Waals surface area (Å²) in [6, 6.07) is 0. The van der Waals surface area contributed by atoms with Crippen LogP contribution in [0, 0.1) is 11.8 Å². The molecule has 0 saturated heterocycles. The second-order valence-corrected chi connectivity index (χ2v) is 4.96. The quantitative estimate of drug-likeness (QED) is 0.614. The van der Waals surface area contributed by atoms with E-state index in [-0.39, 0.29) is 24.0 Å². The SMILES string of the molecule is NCC1CCCC1C(=O)NC1(CO)CC1. The molecule has 4 heteroatoms. The first kappa shape index (κ1) is 10.9. The summed E-state index contributed by atoms with van der Waals surface area (Å²) in [6.45, 7) is 0.670. The minimum Gasteiger partial charge on any atom is -0.394 e. The Labute approximate surface area is 90.2 Å². The summed E-state index contributed by atoms with van der Waals surface area (Å²) in [7, 11) is 0. The van der Waals surface area contributed by atoms with Gasteiger partial charge in [-0.15, -0.1) is 0 Å². The summed E-state index contributed by atoms with van der Waals surface area (Å²) >= 11 is 0. The largest absolute Gasteiger partial charge is 0.394 e. The van der Waals surface area contributed by atoms with Crippen molar-refractivity contribution in [2.24, 2.45) is 17.6 Å². The van der Waals surface area contributed by atoms with Crippen LogP contribution in [0.4, 0.5) is 0 Å². The van der Waals surface area contributed by atoms with Crippen LogP contribution in [0.5, 0.6) is 0 Å². The van der Waals surface area contributed by atoms with Crippen molar-refractivity contribution in [1.82, 2.24) is 5.32 Å². The van der Waals surface area contributed by atoms with Crippen LogP contribution < -0.4 is 11.1 Å². The van der Waals surface area contributed by atoms with Crippen LogP contribution in [0.25, 0.3) is 0 Å². The van der Waals surface area contributed by atoms with Crippen LogP contribution >= 0.6 is 0 Å². The van der Waals surface area contributed by atoms with Crippen molar-refractivity contribution >= 4 is 5.91 Å². The van der Waals surface area contributed by atoms with Gasteiger partial charge in [0.15, 0.2) is 0 Å². The Kier molecular flexibility index (Phi) is 2.98. The van der Waals surface area contributed by atoms with Gasteiger partial charge in [0.25, 0.3) is 0 Å². The lowest BCUT2D eigenvalue weighted by atomic mass is 9.95. The lowest BCUT2D eigenvalue weighted by Gasteiger charge is -2.21. The molecule has 2 fully saturated rings. The lowest BCUT2D eigenvalue weighted by Crippen LogP contribution is -2.44. The molecule has 2 atom stereocenters. The zero-order chi connectivity index (χ0) is 10.9. The first-order valence-electron chi connectivity index (χ1n) is 5.84. The van der Waals surface area contributed by atoms with Crippen LogP contribution in [0.2, 0.25) is 0 Å². The molecule has 0 aromatic carbocycles. The maximum absolute atomic E-state index is 12.0. The normalized spacial score (nSPS) is 32.7. The van der Waals surface area contributed by atoms with Crippen molar-refractivity contribution in [1.29, 1.82) is 0 Å². The predicted molar refractivity (Wildman–Crippen MR) is 57.1 cm³/mol. The molecule has 2 aliphatic carbocycles. The van der Waals surface area contributed by atoms with Gasteiger partial charge in [0, 0.05) is 5.92 Å². The van der Waals surface area contributed by atoms with Crippen LogP contribution in [-0.4, -0.2) is 29.7 Å². The second-order valence-electron chi connectivity index (χ2n) is 4.96. The van der Waals surface area contributed by atoms with E-state index in [1.807, 2.05) is 0 Å². The Morgan fingerprint density at radius 1 is 1.47 bits per heavy atom. The number of nitrogens with two attached hydrogens (primary N) is 1. The molecule has 86 valence electrons. The number of amides is 1. The van der Waals surface area contributed by atoms with Crippen molar-refractivity contribution in [3.8, 4) is 0 Å². The van der Waals surface area contributed by atoms with Gasteiger partial charge in [-0.1, -0.05) is 6.42 Å². The number of aliphatic hydroxyl groups excluding tert-OH is 1. The number of rotatable bonds is 4. The van der Waals surface area contributed by atoms with Crippen LogP contribution in [0.1, 0.15) is 32.1 Å².